The number of methoxy groups -OCH3 is 1. The molecule has 2 rings (SSSR count). The number of hydrogen-bond donors (Lipinski definition) is 1. The number of anilines is 1. The fraction of sp³-hybridized carbons (Fsp3) is 0.200. The smallest absolute Gasteiger partial charge is 0.272 e. The largest absolute Gasteiger partial charge is 0.493 e. The molecule has 2 aromatic rings. The Hall–Kier alpha value is -2.18. The lowest BCUT2D eigenvalue weighted by atomic mass is 10.3. The normalized spacial score (nSPS) is 11.1. The minimum atomic E-state index is -2.96. The van der Waals surface area contributed by atoms with Gasteiger partial charge in [0.05, 0.1) is 7.11 Å². The molecule has 17 heavy (non-hydrogen) atoms. The monoisotopic (exact) mass is 241 g/mol. The number of pyridine rings is 1. The second-order valence-corrected chi connectivity index (χ2v) is 3.29. The maximum Gasteiger partial charge on any atom is 0.272 e. The van der Waals surface area contributed by atoms with Crippen molar-refractivity contribution in [2.45, 2.75) is 6.43 Å². The van der Waals surface area contributed by atoms with Crippen LogP contribution in [0.25, 0.3) is 5.65 Å². The summed E-state index contributed by atoms with van der Waals surface area (Å²) in [5.41, 5.74) is 3.78. The Morgan fingerprint density at radius 1 is 1.53 bits per heavy atom. The van der Waals surface area contributed by atoms with E-state index in [0.29, 0.717) is 0 Å². The molecule has 90 valence electrons. The van der Waals surface area contributed by atoms with E-state index in [-0.39, 0.29) is 11.4 Å². The SMILES string of the molecule is COc1cccn2c(=O)c(C(F)F)c(N)nc12. The van der Waals surface area contributed by atoms with E-state index < -0.39 is 23.4 Å². The van der Waals surface area contributed by atoms with Crippen molar-refractivity contribution in [3.63, 3.8) is 0 Å². The number of nitrogens with zero attached hydrogens (tertiary/aromatic N) is 2. The molecule has 0 spiro atoms. The third-order valence-corrected chi connectivity index (χ3v) is 2.32. The summed E-state index contributed by atoms with van der Waals surface area (Å²) < 4.78 is 31.2. The predicted molar refractivity (Wildman–Crippen MR) is 57.4 cm³/mol. The fourth-order valence-corrected chi connectivity index (χ4v) is 1.53. The molecule has 0 bridgehead atoms. The van der Waals surface area contributed by atoms with Crippen LogP contribution in [0.4, 0.5) is 14.6 Å². The van der Waals surface area contributed by atoms with Crippen LogP contribution < -0.4 is 16.0 Å². The van der Waals surface area contributed by atoms with Gasteiger partial charge in [0.1, 0.15) is 11.4 Å². The van der Waals surface area contributed by atoms with Crippen molar-refractivity contribution < 1.29 is 13.5 Å². The highest BCUT2D eigenvalue weighted by molar-refractivity contribution is 5.58. The minimum Gasteiger partial charge on any atom is -0.493 e. The molecule has 0 aliphatic heterocycles. The molecular formula is C10H9F2N3O2. The first-order valence-electron chi connectivity index (χ1n) is 4.69. The molecule has 0 saturated heterocycles. The molecule has 5 nitrogen and oxygen atoms in total. The Labute approximate surface area is 94.5 Å². The Morgan fingerprint density at radius 3 is 2.82 bits per heavy atom. The van der Waals surface area contributed by atoms with Crippen molar-refractivity contribution in [1.82, 2.24) is 9.38 Å². The molecule has 0 aliphatic carbocycles. The molecule has 7 heteroatoms. The van der Waals surface area contributed by atoms with Crippen LogP contribution in [0, 0.1) is 0 Å². The van der Waals surface area contributed by atoms with Crippen molar-refractivity contribution in [2.24, 2.45) is 0 Å². The van der Waals surface area contributed by atoms with Gasteiger partial charge in [0.25, 0.3) is 12.0 Å². The average Bonchev–Trinajstić information content (AvgIpc) is 2.28. The highest BCUT2D eigenvalue weighted by Crippen LogP contribution is 2.23. The summed E-state index contributed by atoms with van der Waals surface area (Å²) in [6.07, 6.45) is -1.63. The second kappa shape index (κ2) is 4.00. The molecule has 0 amide bonds. The van der Waals surface area contributed by atoms with Gasteiger partial charge in [0.15, 0.2) is 11.4 Å². The molecule has 2 aromatic heterocycles. The van der Waals surface area contributed by atoms with Crippen molar-refractivity contribution >= 4 is 11.5 Å². The highest BCUT2D eigenvalue weighted by atomic mass is 19.3. The van der Waals surface area contributed by atoms with Crippen LogP contribution >= 0.6 is 0 Å². The molecule has 0 saturated carbocycles. The van der Waals surface area contributed by atoms with Gasteiger partial charge in [0.2, 0.25) is 0 Å². The summed E-state index contributed by atoms with van der Waals surface area (Å²) in [4.78, 5) is 15.5. The summed E-state index contributed by atoms with van der Waals surface area (Å²) in [6, 6.07) is 3.06. The molecular weight excluding hydrogens is 232 g/mol. The minimum absolute atomic E-state index is 0.113. The maximum absolute atomic E-state index is 12.6. The van der Waals surface area contributed by atoms with Crippen LogP contribution in [-0.4, -0.2) is 16.5 Å². The Balaban J connectivity index is 2.91. The molecule has 2 heterocycles. The van der Waals surface area contributed by atoms with Crippen LogP contribution in [0.1, 0.15) is 12.0 Å². The van der Waals surface area contributed by atoms with E-state index >= 15 is 0 Å². The van der Waals surface area contributed by atoms with Crippen LogP contribution in [0.2, 0.25) is 0 Å². The van der Waals surface area contributed by atoms with Gasteiger partial charge in [-0.2, -0.15) is 0 Å². The van der Waals surface area contributed by atoms with Crippen molar-refractivity contribution in [3.05, 3.63) is 34.2 Å². The molecule has 0 unspecified atom stereocenters. The van der Waals surface area contributed by atoms with E-state index in [9.17, 15) is 13.6 Å². The average molecular weight is 241 g/mol. The third kappa shape index (κ3) is 1.69. The number of nitrogen functional groups attached to an aromatic ring is 1. The maximum atomic E-state index is 12.6. The summed E-state index contributed by atoms with van der Waals surface area (Å²) in [5.74, 6) is -0.188. The number of rotatable bonds is 2. The van der Waals surface area contributed by atoms with Gasteiger partial charge in [-0.25, -0.2) is 13.8 Å². The lowest BCUT2D eigenvalue weighted by molar-refractivity contribution is 0.150. The van der Waals surface area contributed by atoms with Crippen molar-refractivity contribution in [2.75, 3.05) is 12.8 Å². The van der Waals surface area contributed by atoms with E-state index in [0.717, 1.165) is 4.40 Å². The quantitative estimate of drug-likeness (QED) is 0.858. The van der Waals surface area contributed by atoms with E-state index in [1.54, 1.807) is 6.07 Å². The van der Waals surface area contributed by atoms with Gasteiger partial charge in [-0.05, 0) is 12.1 Å². The molecule has 2 N–H and O–H groups in total. The Morgan fingerprint density at radius 2 is 2.24 bits per heavy atom. The molecule has 0 fully saturated rings. The first-order chi connectivity index (χ1) is 8.06. The van der Waals surface area contributed by atoms with Crippen LogP contribution in [0.3, 0.4) is 0 Å². The number of fused-ring (bicyclic) bond motifs is 1. The zero-order valence-electron chi connectivity index (χ0n) is 8.85. The molecule has 0 atom stereocenters. The van der Waals surface area contributed by atoms with E-state index in [4.69, 9.17) is 10.5 Å². The lowest BCUT2D eigenvalue weighted by Crippen LogP contribution is -2.22. The zero-order valence-corrected chi connectivity index (χ0v) is 8.85. The third-order valence-electron chi connectivity index (χ3n) is 2.32. The molecule has 0 aromatic carbocycles. The van der Waals surface area contributed by atoms with Gasteiger partial charge < -0.3 is 10.5 Å². The first kappa shape index (κ1) is 11.3. The van der Waals surface area contributed by atoms with Crippen LogP contribution in [0.15, 0.2) is 23.1 Å². The van der Waals surface area contributed by atoms with E-state index in [1.807, 2.05) is 0 Å². The number of aromatic nitrogens is 2. The van der Waals surface area contributed by atoms with E-state index in [2.05, 4.69) is 4.98 Å². The zero-order chi connectivity index (χ0) is 12.6. The summed E-state index contributed by atoms with van der Waals surface area (Å²) in [7, 11) is 1.39. The fourth-order valence-electron chi connectivity index (χ4n) is 1.53. The summed E-state index contributed by atoms with van der Waals surface area (Å²) in [5, 5.41) is 0. The number of ether oxygens (including phenoxy) is 1. The summed E-state index contributed by atoms with van der Waals surface area (Å²) in [6.45, 7) is 0. The number of halogens is 2. The predicted octanol–water partition coefficient (Wildman–Crippen LogP) is 1.22. The van der Waals surface area contributed by atoms with Gasteiger partial charge in [-0.3, -0.25) is 9.20 Å². The van der Waals surface area contributed by atoms with Crippen LogP contribution in [0.5, 0.6) is 5.75 Å². The number of alkyl halides is 2. The first-order valence-corrected chi connectivity index (χ1v) is 4.69. The Kier molecular flexibility index (Phi) is 2.66. The van der Waals surface area contributed by atoms with Crippen LogP contribution in [-0.2, 0) is 0 Å². The second-order valence-electron chi connectivity index (χ2n) is 3.29. The topological polar surface area (TPSA) is 69.6 Å². The van der Waals surface area contributed by atoms with E-state index in [1.165, 1.54) is 19.4 Å². The van der Waals surface area contributed by atoms with Crippen molar-refractivity contribution in [1.29, 1.82) is 0 Å². The summed E-state index contributed by atoms with van der Waals surface area (Å²) >= 11 is 0. The molecule has 0 radical (unpaired) electrons. The van der Waals surface area contributed by atoms with Gasteiger partial charge in [-0.15, -0.1) is 0 Å². The lowest BCUT2D eigenvalue weighted by Gasteiger charge is -2.09. The molecule has 0 aliphatic rings. The number of hydrogen-bond acceptors (Lipinski definition) is 4. The highest BCUT2D eigenvalue weighted by Gasteiger charge is 2.20. The van der Waals surface area contributed by atoms with Gasteiger partial charge in [-0.1, -0.05) is 0 Å². The van der Waals surface area contributed by atoms with Gasteiger partial charge in [0, 0.05) is 6.20 Å². The van der Waals surface area contributed by atoms with Crippen molar-refractivity contribution in [3.8, 4) is 5.75 Å². The van der Waals surface area contributed by atoms with Gasteiger partial charge >= 0.3 is 0 Å². The standard InChI is InChI=1S/C10H9F2N3O2/c1-17-5-3-2-4-15-9(5)14-8(13)6(7(11)12)10(15)16/h2-4,7H,13H2,1H3. The number of nitrogens with two attached hydrogens (primary N) is 1. The Bertz CT molecular complexity index is 625.